The zero-order valence-corrected chi connectivity index (χ0v) is 26.2. The maximum atomic E-state index is 14.0. The molecule has 1 amide bonds. The highest BCUT2D eigenvalue weighted by molar-refractivity contribution is 7.89. The van der Waals surface area contributed by atoms with Gasteiger partial charge in [0, 0.05) is 45.1 Å². The molecule has 0 bridgehead atoms. The van der Waals surface area contributed by atoms with Crippen molar-refractivity contribution in [1.29, 1.82) is 0 Å². The molecule has 2 aromatic heterocycles. The number of sulfonamides is 1. The summed E-state index contributed by atoms with van der Waals surface area (Å²) >= 11 is 1.40. The molecule has 0 aliphatic carbocycles. The fourth-order valence-electron chi connectivity index (χ4n) is 4.49. The van der Waals surface area contributed by atoms with Crippen LogP contribution in [0.15, 0.2) is 53.4 Å². The summed E-state index contributed by atoms with van der Waals surface area (Å²) in [5.74, 6) is 0.359. The molecule has 0 atom stereocenters. The highest BCUT2D eigenvalue weighted by Gasteiger charge is 2.26. The SMILES string of the molecule is CCOc1cccc2sc(N(CCn3nc(C)cc3C)C(=O)c3ccc(S(=O)(=O)N(CCOC)CCOC)cc3)nc12. The van der Waals surface area contributed by atoms with Crippen molar-refractivity contribution < 1.29 is 27.4 Å². The van der Waals surface area contributed by atoms with Crippen LogP contribution in [-0.4, -0.2) is 87.1 Å². The van der Waals surface area contributed by atoms with E-state index in [1.807, 2.05) is 49.7 Å². The van der Waals surface area contributed by atoms with E-state index in [0.717, 1.165) is 16.1 Å². The molecule has 2 heterocycles. The number of hydrogen-bond donors (Lipinski definition) is 0. The van der Waals surface area contributed by atoms with E-state index in [0.29, 0.717) is 41.7 Å². The number of benzene rings is 2. The maximum Gasteiger partial charge on any atom is 0.260 e. The van der Waals surface area contributed by atoms with Gasteiger partial charge in [-0.05, 0) is 63.2 Å². The molecule has 0 aliphatic rings. The summed E-state index contributed by atoms with van der Waals surface area (Å²) in [7, 11) is -0.786. The normalized spacial score (nSPS) is 11.9. The number of para-hydroxylation sites is 1. The third-order valence-corrected chi connectivity index (χ3v) is 9.57. The number of hydrogen-bond acceptors (Lipinski definition) is 9. The standard InChI is InChI=1S/C29H37N5O6S2/c1-6-40-25-8-7-9-26-27(25)30-29(41-26)33(14-15-34-22(3)20-21(2)31-34)28(35)23-10-12-24(13-11-23)42(36,37)32(16-18-38-4)17-19-39-5/h7-13,20H,6,14-19H2,1-5H3. The molecule has 0 unspecified atom stereocenters. The van der Waals surface area contributed by atoms with Crippen LogP contribution >= 0.6 is 11.3 Å². The number of ether oxygens (including phenoxy) is 3. The quantitative estimate of drug-likeness (QED) is 0.196. The van der Waals surface area contributed by atoms with Gasteiger partial charge in [0.05, 0.1) is 41.7 Å². The Morgan fingerprint density at radius 2 is 1.69 bits per heavy atom. The third kappa shape index (κ3) is 7.16. The first-order chi connectivity index (χ1) is 20.2. The summed E-state index contributed by atoms with van der Waals surface area (Å²) < 4.78 is 46.7. The van der Waals surface area contributed by atoms with Crippen molar-refractivity contribution in [3.05, 3.63) is 65.5 Å². The molecule has 0 fully saturated rings. The van der Waals surface area contributed by atoms with Gasteiger partial charge in [-0.25, -0.2) is 13.4 Å². The van der Waals surface area contributed by atoms with E-state index in [9.17, 15) is 13.2 Å². The topological polar surface area (TPSA) is 116 Å². The summed E-state index contributed by atoms with van der Waals surface area (Å²) in [5.41, 5.74) is 2.92. The fourth-order valence-corrected chi connectivity index (χ4v) is 6.91. The van der Waals surface area contributed by atoms with E-state index >= 15 is 0 Å². The lowest BCUT2D eigenvalue weighted by Crippen LogP contribution is -2.36. The Bertz CT molecular complexity index is 1590. The van der Waals surface area contributed by atoms with Crippen molar-refractivity contribution in [1.82, 2.24) is 19.1 Å². The molecule has 0 aliphatic heterocycles. The van der Waals surface area contributed by atoms with Gasteiger partial charge in [0.15, 0.2) is 5.13 Å². The van der Waals surface area contributed by atoms with Gasteiger partial charge in [0.2, 0.25) is 10.0 Å². The van der Waals surface area contributed by atoms with Gasteiger partial charge in [-0.1, -0.05) is 17.4 Å². The monoisotopic (exact) mass is 615 g/mol. The number of nitrogens with zero attached hydrogens (tertiary/aromatic N) is 5. The first kappa shape index (κ1) is 31.6. The van der Waals surface area contributed by atoms with E-state index in [2.05, 4.69) is 5.10 Å². The van der Waals surface area contributed by atoms with E-state index in [4.69, 9.17) is 19.2 Å². The summed E-state index contributed by atoms with van der Waals surface area (Å²) in [6.07, 6.45) is 0. The fraction of sp³-hybridized carbons (Fsp3) is 0.414. The van der Waals surface area contributed by atoms with Gasteiger partial charge in [0.1, 0.15) is 11.3 Å². The van der Waals surface area contributed by atoms with Gasteiger partial charge in [-0.3, -0.25) is 14.4 Å². The molecule has 0 spiro atoms. The van der Waals surface area contributed by atoms with Crippen LogP contribution < -0.4 is 9.64 Å². The number of carbonyl (C=O) groups excluding carboxylic acids is 1. The summed E-state index contributed by atoms with van der Waals surface area (Å²) in [4.78, 5) is 20.5. The van der Waals surface area contributed by atoms with E-state index in [1.165, 1.54) is 54.1 Å². The van der Waals surface area contributed by atoms with Crippen LogP contribution in [0.5, 0.6) is 5.75 Å². The molecular formula is C29H37N5O6S2. The minimum atomic E-state index is -3.82. The summed E-state index contributed by atoms with van der Waals surface area (Å²) in [6, 6.07) is 13.7. The number of aromatic nitrogens is 3. The number of fused-ring (bicyclic) bond motifs is 1. The van der Waals surface area contributed by atoms with Crippen LogP contribution in [0.2, 0.25) is 0 Å². The zero-order valence-electron chi connectivity index (χ0n) is 24.6. The Hall–Kier alpha value is -3.36. The van der Waals surface area contributed by atoms with Gasteiger partial charge in [0.25, 0.3) is 5.91 Å². The van der Waals surface area contributed by atoms with Crippen molar-refractivity contribution in [3.63, 3.8) is 0 Å². The van der Waals surface area contributed by atoms with Crippen LogP contribution in [-0.2, 0) is 26.0 Å². The first-order valence-corrected chi connectivity index (χ1v) is 15.9. The predicted molar refractivity (Wildman–Crippen MR) is 163 cm³/mol. The summed E-state index contributed by atoms with van der Waals surface area (Å²) in [5, 5.41) is 5.06. The van der Waals surface area contributed by atoms with Crippen molar-refractivity contribution in [2.45, 2.75) is 32.2 Å². The number of amides is 1. The molecule has 4 aromatic rings. The molecule has 42 heavy (non-hydrogen) atoms. The number of aryl methyl sites for hydroxylation is 2. The average Bonchev–Trinajstić information content (AvgIpc) is 3.55. The van der Waals surface area contributed by atoms with E-state index < -0.39 is 10.0 Å². The number of thiazole rings is 1. The Morgan fingerprint density at radius 1 is 1.00 bits per heavy atom. The Kier molecular flexibility index (Phi) is 10.7. The van der Waals surface area contributed by atoms with Crippen molar-refractivity contribution >= 4 is 42.6 Å². The lowest BCUT2D eigenvalue weighted by atomic mass is 10.2. The Morgan fingerprint density at radius 3 is 2.29 bits per heavy atom. The van der Waals surface area contributed by atoms with Crippen LogP contribution in [0, 0.1) is 13.8 Å². The smallest absolute Gasteiger partial charge is 0.260 e. The number of rotatable bonds is 15. The second-order valence-corrected chi connectivity index (χ2v) is 12.5. The first-order valence-electron chi connectivity index (χ1n) is 13.6. The van der Waals surface area contributed by atoms with Gasteiger partial charge in [-0.2, -0.15) is 9.40 Å². The minimum Gasteiger partial charge on any atom is -0.492 e. The van der Waals surface area contributed by atoms with Crippen molar-refractivity contribution in [2.75, 3.05) is 58.6 Å². The van der Waals surface area contributed by atoms with E-state index in [-0.39, 0.29) is 37.1 Å². The number of methoxy groups -OCH3 is 2. The maximum absolute atomic E-state index is 14.0. The number of anilines is 1. The highest BCUT2D eigenvalue weighted by atomic mass is 32.2. The van der Waals surface area contributed by atoms with Gasteiger partial charge < -0.3 is 14.2 Å². The van der Waals surface area contributed by atoms with Crippen molar-refractivity contribution in [2.24, 2.45) is 0 Å². The molecule has 13 heteroatoms. The average molecular weight is 616 g/mol. The predicted octanol–water partition coefficient (Wildman–Crippen LogP) is 4.14. The van der Waals surface area contributed by atoms with Gasteiger partial charge >= 0.3 is 0 Å². The molecule has 0 N–H and O–H groups in total. The lowest BCUT2D eigenvalue weighted by molar-refractivity contribution is 0.0985. The molecule has 0 saturated carbocycles. The largest absolute Gasteiger partial charge is 0.492 e. The second kappa shape index (κ2) is 14.2. The van der Waals surface area contributed by atoms with E-state index in [1.54, 1.807) is 4.90 Å². The molecule has 2 aromatic carbocycles. The molecule has 0 saturated heterocycles. The van der Waals surface area contributed by atoms with Crippen LogP contribution in [0.4, 0.5) is 5.13 Å². The number of carbonyl (C=O) groups is 1. The molecule has 11 nitrogen and oxygen atoms in total. The third-order valence-electron chi connectivity index (χ3n) is 6.61. The van der Waals surface area contributed by atoms with Crippen LogP contribution in [0.3, 0.4) is 0 Å². The zero-order chi connectivity index (χ0) is 30.3. The molecule has 226 valence electrons. The highest BCUT2D eigenvalue weighted by Crippen LogP contribution is 2.35. The van der Waals surface area contributed by atoms with Crippen LogP contribution in [0.25, 0.3) is 10.2 Å². The van der Waals surface area contributed by atoms with Crippen molar-refractivity contribution in [3.8, 4) is 5.75 Å². The minimum absolute atomic E-state index is 0.0850. The van der Waals surface area contributed by atoms with Gasteiger partial charge in [-0.15, -0.1) is 0 Å². The molecular weight excluding hydrogens is 578 g/mol. The Labute approximate surface area is 250 Å². The van der Waals surface area contributed by atoms with Crippen LogP contribution in [0.1, 0.15) is 28.7 Å². The molecule has 0 radical (unpaired) electrons. The second-order valence-electron chi connectivity index (χ2n) is 9.55. The molecule has 4 rings (SSSR count). The summed E-state index contributed by atoms with van der Waals surface area (Å²) in [6.45, 7) is 7.94. The lowest BCUT2D eigenvalue weighted by Gasteiger charge is -2.22. The Balaban J connectivity index is 1.66.